The molecule has 0 aliphatic rings. The van der Waals surface area contributed by atoms with E-state index in [0.29, 0.717) is 0 Å². The van der Waals surface area contributed by atoms with Gasteiger partial charge in [-0.1, -0.05) is 218 Å². The molecule has 1 heterocycles. The molecule has 0 unspecified atom stereocenters. The van der Waals surface area contributed by atoms with Crippen LogP contribution < -0.4 is 4.90 Å². The van der Waals surface area contributed by atoms with Gasteiger partial charge in [-0.2, -0.15) is 0 Å². The third kappa shape index (κ3) is 7.05. The van der Waals surface area contributed by atoms with E-state index in [1.807, 2.05) is 0 Å². The Bertz CT molecular complexity index is 4040. The predicted octanol–water partition coefficient (Wildman–Crippen LogP) is 18.9. The molecule has 0 spiro atoms. The Morgan fingerprint density at radius 2 is 0.700 bits per heavy atom. The number of anilines is 3. The van der Waals surface area contributed by atoms with Crippen molar-refractivity contribution in [3.8, 4) is 61.3 Å². The van der Waals surface area contributed by atoms with Gasteiger partial charge in [0, 0.05) is 33.3 Å². The summed E-state index contributed by atoms with van der Waals surface area (Å²) in [7, 11) is 0. The van der Waals surface area contributed by atoms with Gasteiger partial charge in [0.1, 0.15) is 0 Å². The van der Waals surface area contributed by atoms with Crippen LogP contribution in [0.4, 0.5) is 17.1 Å². The predicted molar refractivity (Wildman–Crippen MR) is 298 cm³/mol. The Hall–Kier alpha value is -9.24. The second kappa shape index (κ2) is 17.4. The number of rotatable bonds is 9. The van der Waals surface area contributed by atoms with Crippen LogP contribution in [0.15, 0.2) is 279 Å². The average Bonchev–Trinajstić information content (AvgIpc) is 3.77. The minimum absolute atomic E-state index is 1.07. The molecule has 12 aromatic carbocycles. The summed E-state index contributed by atoms with van der Waals surface area (Å²) in [6.07, 6.45) is 0. The van der Waals surface area contributed by atoms with Crippen LogP contribution in [0.1, 0.15) is 0 Å². The van der Waals surface area contributed by atoms with E-state index >= 15 is 0 Å². The maximum Gasteiger partial charge on any atom is 0.0541 e. The number of aromatic nitrogens is 1. The van der Waals surface area contributed by atoms with Gasteiger partial charge in [0.25, 0.3) is 0 Å². The summed E-state index contributed by atoms with van der Waals surface area (Å²) < 4.78 is 2.38. The van der Waals surface area contributed by atoms with E-state index in [0.717, 1.165) is 56.1 Å². The van der Waals surface area contributed by atoms with Gasteiger partial charge in [0.05, 0.1) is 22.4 Å². The van der Waals surface area contributed by atoms with Crippen LogP contribution in [0.25, 0.3) is 105 Å². The van der Waals surface area contributed by atoms with Crippen molar-refractivity contribution in [3.05, 3.63) is 279 Å². The van der Waals surface area contributed by atoms with E-state index in [2.05, 4.69) is 289 Å². The Morgan fingerprint density at radius 1 is 0.243 bits per heavy atom. The van der Waals surface area contributed by atoms with Crippen LogP contribution in [0.2, 0.25) is 0 Å². The number of hydrogen-bond donors (Lipinski definition) is 0. The van der Waals surface area contributed by atoms with Crippen molar-refractivity contribution in [2.75, 3.05) is 4.90 Å². The molecule has 0 N–H and O–H groups in total. The average molecular weight is 891 g/mol. The number of nitrogens with zero attached hydrogens (tertiary/aromatic N) is 2. The lowest BCUT2D eigenvalue weighted by Gasteiger charge is -2.30. The highest BCUT2D eigenvalue weighted by Crippen LogP contribution is 2.48. The molecule has 70 heavy (non-hydrogen) atoms. The fraction of sp³-hybridized carbons (Fsp3) is 0. The molecule has 13 aromatic rings. The van der Waals surface area contributed by atoms with Crippen molar-refractivity contribution in [2.24, 2.45) is 0 Å². The molecule has 0 bridgehead atoms. The molecule has 328 valence electrons. The first kappa shape index (κ1) is 41.0. The number of hydrogen-bond acceptors (Lipinski definition) is 1. The minimum atomic E-state index is 1.07. The van der Waals surface area contributed by atoms with E-state index in [1.165, 1.54) is 65.6 Å². The Labute approximate surface area is 408 Å². The van der Waals surface area contributed by atoms with Crippen molar-refractivity contribution >= 4 is 60.4 Å². The van der Waals surface area contributed by atoms with E-state index in [-0.39, 0.29) is 0 Å². The summed E-state index contributed by atoms with van der Waals surface area (Å²) in [5.74, 6) is 0. The maximum absolute atomic E-state index is 2.47. The van der Waals surface area contributed by atoms with Gasteiger partial charge in [0.15, 0.2) is 0 Å². The van der Waals surface area contributed by atoms with Crippen LogP contribution in [-0.4, -0.2) is 4.57 Å². The molecule has 0 amide bonds. The Kier molecular flexibility index (Phi) is 10.2. The highest BCUT2D eigenvalue weighted by Gasteiger charge is 2.23. The SMILES string of the molecule is c1ccc(-c2ccccc2N(c2cccc(-c3ccc4c(c3)c(-c3ccccc3)c(-c3ccccc3)c3ccccc34)c2)c2ccccc2-c2ccc3c(c2)c2ccccc2n3-c2ccccc2)cc1. The second-order valence-corrected chi connectivity index (χ2v) is 18.0. The smallest absolute Gasteiger partial charge is 0.0541 e. The van der Waals surface area contributed by atoms with Gasteiger partial charge in [-0.05, 0) is 127 Å². The molecule has 2 heteroatoms. The molecule has 2 nitrogen and oxygen atoms in total. The number of benzene rings is 12. The van der Waals surface area contributed by atoms with Gasteiger partial charge in [0.2, 0.25) is 0 Å². The van der Waals surface area contributed by atoms with Gasteiger partial charge in [-0.3, -0.25) is 0 Å². The number of fused-ring (bicyclic) bond motifs is 6. The first-order valence-electron chi connectivity index (χ1n) is 24.1. The normalized spacial score (nSPS) is 11.4. The van der Waals surface area contributed by atoms with Crippen molar-refractivity contribution in [3.63, 3.8) is 0 Å². The van der Waals surface area contributed by atoms with Crippen LogP contribution in [0.5, 0.6) is 0 Å². The summed E-state index contributed by atoms with van der Waals surface area (Å²) in [6, 6.07) is 102. The van der Waals surface area contributed by atoms with E-state index < -0.39 is 0 Å². The third-order valence-corrected chi connectivity index (χ3v) is 14.0. The molecule has 13 rings (SSSR count). The van der Waals surface area contributed by atoms with Gasteiger partial charge < -0.3 is 9.47 Å². The van der Waals surface area contributed by atoms with Crippen molar-refractivity contribution in [2.45, 2.75) is 0 Å². The molecule has 0 fully saturated rings. The van der Waals surface area contributed by atoms with Gasteiger partial charge >= 0.3 is 0 Å². The second-order valence-electron chi connectivity index (χ2n) is 18.0. The van der Waals surface area contributed by atoms with E-state index in [9.17, 15) is 0 Å². The van der Waals surface area contributed by atoms with Gasteiger partial charge in [-0.15, -0.1) is 0 Å². The zero-order valence-corrected chi connectivity index (χ0v) is 38.5. The van der Waals surface area contributed by atoms with Crippen molar-refractivity contribution < 1.29 is 0 Å². The van der Waals surface area contributed by atoms with Crippen LogP contribution >= 0.6 is 0 Å². The fourth-order valence-corrected chi connectivity index (χ4v) is 10.9. The molecule has 0 radical (unpaired) electrons. The summed E-state index contributed by atoms with van der Waals surface area (Å²) in [6.45, 7) is 0. The molecular formula is C68H46N2. The minimum Gasteiger partial charge on any atom is -0.309 e. The van der Waals surface area contributed by atoms with Crippen LogP contribution in [0.3, 0.4) is 0 Å². The quantitative estimate of drug-likeness (QED) is 0.131. The molecule has 0 aliphatic heterocycles. The summed E-state index contributed by atoms with van der Waals surface area (Å²) in [5.41, 5.74) is 18.6. The molecule has 1 aromatic heterocycles. The van der Waals surface area contributed by atoms with E-state index in [4.69, 9.17) is 0 Å². The first-order chi connectivity index (χ1) is 34.8. The monoisotopic (exact) mass is 890 g/mol. The lowest BCUT2D eigenvalue weighted by molar-refractivity contribution is 1.18. The van der Waals surface area contributed by atoms with Crippen LogP contribution in [0, 0.1) is 0 Å². The van der Waals surface area contributed by atoms with Crippen molar-refractivity contribution in [1.29, 1.82) is 0 Å². The summed E-state index contributed by atoms with van der Waals surface area (Å²) in [4.78, 5) is 2.47. The molecular weight excluding hydrogens is 845 g/mol. The van der Waals surface area contributed by atoms with Gasteiger partial charge in [-0.25, -0.2) is 0 Å². The topological polar surface area (TPSA) is 8.17 Å². The summed E-state index contributed by atoms with van der Waals surface area (Å²) >= 11 is 0. The Balaban J connectivity index is 1.02. The molecule has 0 atom stereocenters. The van der Waals surface area contributed by atoms with Crippen molar-refractivity contribution in [1.82, 2.24) is 4.57 Å². The zero-order valence-electron chi connectivity index (χ0n) is 38.5. The largest absolute Gasteiger partial charge is 0.309 e. The highest BCUT2D eigenvalue weighted by molar-refractivity contribution is 6.22. The lowest BCUT2D eigenvalue weighted by atomic mass is 9.84. The number of para-hydroxylation sites is 4. The first-order valence-corrected chi connectivity index (χ1v) is 24.1. The third-order valence-electron chi connectivity index (χ3n) is 14.0. The lowest BCUT2D eigenvalue weighted by Crippen LogP contribution is -2.12. The zero-order chi connectivity index (χ0) is 46.4. The Morgan fingerprint density at radius 3 is 1.39 bits per heavy atom. The standard InChI is InChI=1S/C68H46N2/c1-5-22-47(23-6-1)55-32-15-18-37-63(55)70(64-38-19-16-33-56(64)52-41-43-66-61(46-52)59-35-17-20-39-65(59)69(66)53-29-11-4-12-30-53)54-31-21-28-50(44-54)51-40-42-58-57-34-13-14-36-60(57)67(48-24-7-2-8-25-48)68(62(58)45-51)49-26-9-3-10-27-49/h1-46H. The highest BCUT2D eigenvalue weighted by atomic mass is 15.1. The fourth-order valence-electron chi connectivity index (χ4n) is 10.9. The summed E-state index contributed by atoms with van der Waals surface area (Å²) in [5, 5.41) is 7.42. The van der Waals surface area contributed by atoms with Crippen LogP contribution in [-0.2, 0) is 0 Å². The molecule has 0 aliphatic carbocycles. The molecule has 0 saturated carbocycles. The maximum atomic E-state index is 2.47. The molecule has 0 saturated heterocycles. The van der Waals surface area contributed by atoms with E-state index in [1.54, 1.807) is 0 Å².